The van der Waals surface area contributed by atoms with E-state index in [0.29, 0.717) is 12.5 Å². The number of anilines is 1. The highest BCUT2D eigenvalue weighted by Crippen LogP contribution is 2.02. The van der Waals surface area contributed by atoms with Gasteiger partial charge >= 0.3 is 0 Å². The summed E-state index contributed by atoms with van der Waals surface area (Å²) in [5, 5.41) is 10.9. The number of hydrogen-bond donors (Lipinski definition) is 1. The van der Waals surface area contributed by atoms with Crippen molar-refractivity contribution in [2.75, 3.05) is 11.9 Å². The molecule has 0 saturated carbocycles. The fraction of sp³-hybridized carbons (Fsp3) is 0.625. The Labute approximate surface area is 82.7 Å². The van der Waals surface area contributed by atoms with Crippen molar-refractivity contribution in [2.24, 2.45) is 0 Å². The molecule has 0 aliphatic rings. The van der Waals surface area contributed by atoms with Gasteiger partial charge in [-0.1, -0.05) is 0 Å². The third-order valence-corrected chi connectivity index (χ3v) is 1.79. The topological polar surface area (TPSA) is 50.7 Å². The molecule has 72 valence electrons. The zero-order valence-electron chi connectivity index (χ0n) is 8.00. The van der Waals surface area contributed by atoms with Gasteiger partial charge in [-0.25, -0.2) is 4.98 Å². The molecular formula is C8H13ClN4. The lowest BCUT2D eigenvalue weighted by atomic mass is 10.4. The fourth-order valence-electron chi connectivity index (χ4n) is 0.764. The highest BCUT2D eigenvalue weighted by atomic mass is 35.5. The summed E-state index contributed by atoms with van der Waals surface area (Å²) < 4.78 is 0. The second kappa shape index (κ2) is 4.37. The van der Waals surface area contributed by atoms with E-state index in [2.05, 4.69) is 20.5 Å². The van der Waals surface area contributed by atoms with Gasteiger partial charge in [0.2, 0.25) is 5.95 Å². The van der Waals surface area contributed by atoms with Gasteiger partial charge in [-0.2, -0.15) is 5.10 Å². The Bertz CT molecular complexity index is 287. The molecule has 0 aliphatic carbocycles. The van der Waals surface area contributed by atoms with Gasteiger partial charge in [0.05, 0.1) is 11.4 Å². The van der Waals surface area contributed by atoms with Gasteiger partial charge in [-0.15, -0.1) is 16.7 Å². The van der Waals surface area contributed by atoms with Crippen molar-refractivity contribution >= 4 is 17.5 Å². The van der Waals surface area contributed by atoms with E-state index in [9.17, 15) is 0 Å². The van der Waals surface area contributed by atoms with Crippen LogP contribution in [-0.2, 0) is 0 Å². The molecule has 1 rings (SSSR count). The fourth-order valence-corrected chi connectivity index (χ4v) is 0.841. The van der Waals surface area contributed by atoms with E-state index in [1.807, 2.05) is 20.8 Å². The summed E-state index contributed by atoms with van der Waals surface area (Å²) in [6.07, 6.45) is 0. The SMILES string of the molecule is Cc1nnc(NCC(C)Cl)nc1C. The minimum Gasteiger partial charge on any atom is -0.351 e. The number of aromatic nitrogens is 3. The summed E-state index contributed by atoms with van der Waals surface area (Å²) in [5.41, 5.74) is 1.74. The first-order chi connectivity index (χ1) is 6.09. The van der Waals surface area contributed by atoms with Crippen LogP contribution in [0.15, 0.2) is 0 Å². The summed E-state index contributed by atoms with van der Waals surface area (Å²) in [7, 11) is 0. The van der Waals surface area contributed by atoms with Gasteiger partial charge in [0.1, 0.15) is 0 Å². The van der Waals surface area contributed by atoms with Crippen LogP contribution in [0.25, 0.3) is 0 Å². The van der Waals surface area contributed by atoms with E-state index in [1.54, 1.807) is 0 Å². The van der Waals surface area contributed by atoms with Crippen molar-refractivity contribution in [2.45, 2.75) is 26.1 Å². The molecule has 1 atom stereocenters. The molecule has 0 spiro atoms. The summed E-state index contributed by atoms with van der Waals surface area (Å²) in [6, 6.07) is 0. The van der Waals surface area contributed by atoms with E-state index >= 15 is 0 Å². The average Bonchev–Trinajstić information content (AvgIpc) is 2.07. The first-order valence-electron chi connectivity index (χ1n) is 4.15. The molecule has 0 bridgehead atoms. The third kappa shape index (κ3) is 3.14. The Morgan fingerprint density at radius 2 is 2.00 bits per heavy atom. The molecule has 0 radical (unpaired) electrons. The maximum Gasteiger partial charge on any atom is 0.243 e. The van der Waals surface area contributed by atoms with Crippen molar-refractivity contribution in [3.63, 3.8) is 0 Å². The van der Waals surface area contributed by atoms with Crippen molar-refractivity contribution < 1.29 is 0 Å². The largest absolute Gasteiger partial charge is 0.351 e. The van der Waals surface area contributed by atoms with Gasteiger partial charge in [-0.05, 0) is 20.8 Å². The Balaban J connectivity index is 2.63. The molecule has 1 aromatic rings. The summed E-state index contributed by atoms with van der Waals surface area (Å²) in [5.74, 6) is 0.538. The van der Waals surface area contributed by atoms with E-state index < -0.39 is 0 Å². The minimum absolute atomic E-state index is 0.0604. The van der Waals surface area contributed by atoms with Crippen LogP contribution in [0.5, 0.6) is 0 Å². The van der Waals surface area contributed by atoms with Crippen LogP contribution in [0.1, 0.15) is 18.3 Å². The lowest BCUT2D eigenvalue weighted by Crippen LogP contribution is -2.14. The van der Waals surface area contributed by atoms with Crippen LogP contribution < -0.4 is 5.32 Å². The normalized spacial score (nSPS) is 12.6. The Morgan fingerprint density at radius 3 is 2.54 bits per heavy atom. The summed E-state index contributed by atoms with van der Waals surface area (Å²) >= 11 is 5.76. The highest BCUT2D eigenvalue weighted by molar-refractivity contribution is 6.20. The average molecular weight is 201 g/mol. The molecule has 4 nitrogen and oxygen atoms in total. The summed E-state index contributed by atoms with van der Waals surface area (Å²) in [4.78, 5) is 4.20. The first-order valence-corrected chi connectivity index (χ1v) is 4.59. The molecule has 0 saturated heterocycles. The molecule has 0 fully saturated rings. The molecular weight excluding hydrogens is 188 g/mol. The first kappa shape index (κ1) is 10.2. The van der Waals surface area contributed by atoms with Crippen LogP contribution >= 0.6 is 11.6 Å². The number of aryl methyl sites for hydroxylation is 2. The smallest absolute Gasteiger partial charge is 0.243 e. The molecule has 0 amide bonds. The Morgan fingerprint density at radius 1 is 1.31 bits per heavy atom. The number of alkyl halides is 1. The second-order valence-corrected chi connectivity index (χ2v) is 3.71. The van der Waals surface area contributed by atoms with Gasteiger partial charge in [0, 0.05) is 11.9 Å². The van der Waals surface area contributed by atoms with Gasteiger partial charge in [-0.3, -0.25) is 0 Å². The van der Waals surface area contributed by atoms with Crippen LogP contribution in [0, 0.1) is 13.8 Å². The van der Waals surface area contributed by atoms with E-state index in [0.717, 1.165) is 11.4 Å². The van der Waals surface area contributed by atoms with E-state index in [4.69, 9.17) is 11.6 Å². The highest BCUT2D eigenvalue weighted by Gasteiger charge is 2.01. The van der Waals surface area contributed by atoms with Gasteiger partial charge < -0.3 is 5.32 Å². The van der Waals surface area contributed by atoms with Crippen LogP contribution in [0.2, 0.25) is 0 Å². The number of nitrogens with zero attached hydrogens (tertiary/aromatic N) is 3. The Kier molecular flexibility index (Phi) is 3.42. The number of halogens is 1. The third-order valence-electron chi connectivity index (χ3n) is 1.63. The monoisotopic (exact) mass is 200 g/mol. The van der Waals surface area contributed by atoms with Crippen molar-refractivity contribution in [1.29, 1.82) is 0 Å². The zero-order valence-corrected chi connectivity index (χ0v) is 8.76. The standard InChI is InChI=1S/C8H13ClN4/c1-5(9)4-10-8-11-6(2)7(3)12-13-8/h5H,4H2,1-3H3,(H,10,11,13). The summed E-state index contributed by atoms with van der Waals surface area (Å²) in [6.45, 7) is 6.33. The molecule has 1 N–H and O–H groups in total. The quantitative estimate of drug-likeness (QED) is 0.752. The molecule has 13 heavy (non-hydrogen) atoms. The van der Waals surface area contributed by atoms with Gasteiger partial charge in [0.15, 0.2) is 0 Å². The zero-order chi connectivity index (χ0) is 9.84. The molecule has 0 aliphatic heterocycles. The second-order valence-electron chi connectivity index (χ2n) is 2.97. The number of nitrogens with one attached hydrogen (secondary N) is 1. The molecule has 1 aromatic heterocycles. The molecule has 1 unspecified atom stereocenters. The maximum absolute atomic E-state index is 5.76. The molecule has 1 heterocycles. The van der Waals surface area contributed by atoms with Crippen LogP contribution in [-0.4, -0.2) is 27.1 Å². The van der Waals surface area contributed by atoms with Crippen molar-refractivity contribution in [1.82, 2.24) is 15.2 Å². The van der Waals surface area contributed by atoms with Crippen molar-refractivity contribution in [3.8, 4) is 0 Å². The van der Waals surface area contributed by atoms with Crippen LogP contribution in [0.4, 0.5) is 5.95 Å². The lowest BCUT2D eigenvalue weighted by Gasteiger charge is -2.06. The number of rotatable bonds is 3. The maximum atomic E-state index is 5.76. The van der Waals surface area contributed by atoms with Crippen LogP contribution in [0.3, 0.4) is 0 Å². The predicted molar refractivity (Wildman–Crippen MR) is 53.1 cm³/mol. The minimum atomic E-state index is 0.0604. The Hall–Kier alpha value is -0.900. The van der Waals surface area contributed by atoms with Gasteiger partial charge in [0.25, 0.3) is 0 Å². The number of hydrogen-bond acceptors (Lipinski definition) is 4. The van der Waals surface area contributed by atoms with E-state index in [1.165, 1.54) is 0 Å². The lowest BCUT2D eigenvalue weighted by molar-refractivity contribution is 0.873. The molecule has 0 aromatic carbocycles. The predicted octanol–water partition coefficient (Wildman–Crippen LogP) is 1.53. The molecule has 5 heteroatoms. The van der Waals surface area contributed by atoms with Crippen molar-refractivity contribution in [3.05, 3.63) is 11.4 Å². The van der Waals surface area contributed by atoms with E-state index in [-0.39, 0.29) is 5.38 Å².